The Morgan fingerprint density at radius 1 is 1.13 bits per heavy atom. The fraction of sp³-hybridized carbons (Fsp3) is 0.381. The van der Waals surface area contributed by atoms with Gasteiger partial charge < -0.3 is 20.1 Å². The first kappa shape index (κ1) is 22.4. The van der Waals surface area contributed by atoms with Gasteiger partial charge in [-0.25, -0.2) is 4.79 Å². The molecule has 31 heavy (non-hydrogen) atoms. The summed E-state index contributed by atoms with van der Waals surface area (Å²) in [7, 11) is 1.58. The molecular weight excluding hydrogens is 413 g/mol. The Balaban J connectivity index is 1.47. The van der Waals surface area contributed by atoms with Crippen molar-refractivity contribution in [3.05, 3.63) is 64.1 Å². The number of aromatic nitrogens is 1. The molecule has 0 radical (unpaired) electrons. The summed E-state index contributed by atoms with van der Waals surface area (Å²) in [5, 5.41) is 5.07. The lowest BCUT2D eigenvalue weighted by Crippen LogP contribution is -2.43. The summed E-state index contributed by atoms with van der Waals surface area (Å²) in [5.74, 6) is -0.190. The van der Waals surface area contributed by atoms with Crippen LogP contribution in [-0.2, 0) is 13.2 Å². The van der Waals surface area contributed by atoms with Gasteiger partial charge in [-0.2, -0.15) is 13.2 Å². The molecule has 0 saturated carbocycles. The highest BCUT2D eigenvalue weighted by molar-refractivity contribution is 5.94. The summed E-state index contributed by atoms with van der Waals surface area (Å²) < 4.78 is 39.6. The van der Waals surface area contributed by atoms with Gasteiger partial charge in [0.15, 0.2) is 0 Å². The number of hydrogen-bond acceptors (Lipinski definition) is 3. The van der Waals surface area contributed by atoms with Crippen molar-refractivity contribution in [1.82, 2.24) is 14.8 Å². The lowest BCUT2D eigenvalue weighted by Gasteiger charge is -2.32. The zero-order chi connectivity index (χ0) is 22.6. The molecule has 1 fully saturated rings. The van der Waals surface area contributed by atoms with Gasteiger partial charge in [-0.3, -0.25) is 9.59 Å². The lowest BCUT2D eigenvalue weighted by molar-refractivity contribution is -0.137. The lowest BCUT2D eigenvalue weighted by atomic mass is 9.96. The van der Waals surface area contributed by atoms with Crippen LogP contribution in [-0.4, -0.2) is 41.0 Å². The summed E-state index contributed by atoms with van der Waals surface area (Å²) in [6, 6.07) is 6.98. The summed E-state index contributed by atoms with van der Waals surface area (Å²) in [5.41, 5.74) is -1.00. The van der Waals surface area contributed by atoms with Crippen molar-refractivity contribution in [1.29, 1.82) is 0 Å². The Kier molecular flexibility index (Phi) is 6.67. The first-order valence-corrected chi connectivity index (χ1v) is 9.82. The number of pyridine rings is 1. The maximum atomic E-state index is 12.8. The van der Waals surface area contributed by atoms with Crippen LogP contribution in [0.4, 0.5) is 23.7 Å². The zero-order valence-electron chi connectivity index (χ0n) is 16.9. The average molecular weight is 436 g/mol. The Bertz CT molecular complexity index is 1010. The Morgan fingerprint density at radius 3 is 2.52 bits per heavy atom. The van der Waals surface area contributed by atoms with Crippen molar-refractivity contribution in [3.63, 3.8) is 0 Å². The van der Waals surface area contributed by atoms with Crippen LogP contribution in [0.25, 0.3) is 0 Å². The van der Waals surface area contributed by atoms with Crippen LogP contribution in [0.2, 0.25) is 0 Å². The molecule has 7 nitrogen and oxygen atoms in total. The molecule has 0 atom stereocenters. The van der Waals surface area contributed by atoms with Gasteiger partial charge in [0.25, 0.3) is 11.5 Å². The van der Waals surface area contributed by atoms with E-state index < -0.39 is 17.8 Å². The third kappa shape index (κ3) is 5.65. The number of hydrogen-bond donors (Lipinski definition) is 2. The van der Waals surface area contributed by atoms with Crippen LogP contribution in [0.15, 0.2) is 47.4 Å². The fourth-order valence-electron chi connectivity index (χ4n) is 3.46. The molecule has 0 bridgehead atoms. The molecule has 2 heterocycles. The number of likely N-dealkylation sites (tertiary alicyclic amines) is 1. The van der Waals surface area contributed by atoms with E-state index in [0.717, 1.165) is 12.1 Å². The van der Waals surface area contributed by atoms with Crippen molar-refractivity contribution >= 4 is 17.6 Å². The average Bonchev–Trinajstić information content (AvgIpc) is 2.74. The predicted octanol–water partition coefficient (Wildman–Crippen LogP) is 3.08. The predicted molar refractivity (Wildman–Crippen MR) is 109 cm³/mol. The molecular formula is C21H23F3N4O3. The van der Waals surface area contributed by atoms with Gasteiger partial charge in [-0.15, -0.1) is 0 Å². The molecule has 1 aromatic carbocycles. The molecule has 1 saturated heterocycles. The summed E-state index contributed by atoms with van der Waals surface area (Å²) >= 11 is 0. The number of piperidine rings is 1. The third-order valence-corrected chi connectivity index (χ3v) is 5.25. The number of carbonyl (C=O) groups excluding carboxylic acids is 2. The van der Waals surface area contributed by atoms with Crippen LogP contribution >= 0.6 is 0 Å². The highest BCUT2D eigenvalue weighted by atomic mass is 19.4. The van der Waals surface area contributed by atoms with Crippen LogP contribution < -0.4 is 16.2 Å². The Hall–Kier alpha value is -3.30. The van der Waals surface area contributed by atoms with E-state index in [9.17, 15) is 27.6 Å². The highest BCUT2D eigenvalue weighted by Crippen LogP contribution is 2.30. The molecule has 0 aliphatic carbocycles. The summed E-state index contributed by atoms with van der Waals surface area (Å²) in [6.45, 7) is 1.25. The largest absolute Gasteiger partial charge is 0.416 e. The number of urea groups is 1. The van der Waals surface area contributed by atoms with Crippen molar-refractivity contribution < 1.29 is 22.8 Å². The first-order chi connectivity index (χ1) is 14.6. The molecule has 166 valence electrons. The van der Waals surface area contributed by atoms with Gasteiger partial charge in [-0.1, -0.05) is 6.07 Å². The van der Waals surface area contributed by atoms with E-state index >= 15 is 0 Å². The van der Waals surface area contributed by atoms with Gasteiger partial charge in [0, 0.05) is 38.6 Å². The van der Waals surface area contributed by atoms with Crippen molar-refractivity contribution in [2.75, 3.05) is 25.0 Å². The Labute approximate surface area is 176 Å². The van der Waals surface area contributed by atoms with Crippen molar-refractivity contribution in [2.45, 2.75) is 19.0 Å². The molecule has 1 aliphatic heterocycles. The highest BCUT2D eigenvalue weighted by Gasteiger charge is 2.30. The molecule has 2 N–H and O–H groups in total. The summed E-state index contributed by atoms with van der Waals surface area (Å²) in [4.78, 5) is 38.4. The van der Waals surface area contributed by atoms with Crippen LogP contribution in [0.3, 0.4) is 0 Å². The number of alkyl halides is 3. The van der Waals surface area contributed by atoms with E-state index in [-0.39, 0.29) is 28.6 Å². The molecule has 3 amide bonds. The van der Waals surface area contributed by atoms with E-state index in [1.807, 2.05) is 0 Å². The fourth-order valence-corrected chi connectivity index (χ4v) is 3.46. The molecule has 10 heteroatoms. The van der Waals surface area contributed by atoms with Crippen LogP contribution in [0, 0.1) is 5.92 Å². The van der Waals surface area contributed by atoms with Gasteiger partial charge in [-0.05, 0) is 49.1 Å². The van der Waals surface area contributed by atoms with Crippen LogP contribution in [0.5, 0.6) is 0 Å². The number of benzene rings is 1. The van der Waals surface area contributed by atoms with Crippen LogP contribution in [0.1, 0.15) is 28.8 Å². The second-order valence-corrected chi connectivity index (χ2v) is 7.49. The topological polar surface area (TPSA) is 83.4 Å². The minimum Gasteiger partial charge on any atom is -0.338 e. The van der Waals surface area contributed by atoms with E-state index in [1.54, 1.807) is 24.2 Å². The maximum Gasteiger partial charge on any atom is 0.416 e. The van der Waals surface area contributed by atoms with E-state index in [1.165, 1.54) is 22.8 Å². The number of aryl methyl sites for hydroxylation is 1. The minimum atomic E-state index is -4.48. The number of anilines is 1. The maximum absolute atomic E-state index is 12.8. The first-order valence-electron chi connectivity index (χ1n) is 9.82. The second-order valence-electron chi connectivity index (χ2n) is 7.49. The number of nitrogens with zero attached hydrogens (tertiary/aromatic N) is 2. The number of halogens is 3. The smallest absolute Gasteiger partial charge is 0.338 e. The standard InChI is InChI=1S/C21H23F3N4O3/c1-27-9-3-6-17(18(27)29)19(30)28-10-7-14(8-11-28)13-25-20(31)26-16-5-2-4-15(12-16)21(22,23)24/h2-6,9,12,14H,7-8,10-11,13H2,1H3,(H2,25,26,31). The molecule has 1 aromatic heterocycles. The van der Waals surface area contributed by atoms with E-state index in [4.69, 9.17) is 0 Å². The van der Waals surface area contributed by atoms with Gasteiger partial charge >= 0.3 is 12.2 Å². The Morgan fingerprint density at radius 2 is 1.84 bits per heavy atom. The van der Waals surface area contributed by atoms with Gasteiger partial charge in [0.05, 0.1) is 5.56 Å². The van der Waals surface area contributed by atoms with E-state index in [2.05, 4.69) is 10.6 Å². The molecule has 1 aliphatic rings. The quantitative estimate of drug-likeness (QED) is 0.773. The molecule has 2 aromatic rings. The zero-order valence-corrected chi connectivity index (χ0v) is 16.9. The minimum absolute atomic E-state index is 0.0529. The number of carbonyl (C=O) groups is 2. The number of rotatable bonds is 4. The third-order valence-electron chi connectivity index (χ3n) is 5.25. The molecule has 0 spiro atoms. The van der Waals surface area contributed by atoms with E-state index in [0.29, 0.717) is 32.5 Å². The number of nitrogens with one attached hydrogen (secondary N) is 2. The summed E-state index contributed by atoms with van der Waals surface area (Å²) in [6.07, 6.45) is -1.61. The molecule has 0 unspecified atom stereocenters. The monoisotopic (exact) mass is 436 g/mol. The second kappa shape index (κ2) is 9.23. The number of amides is 3. The van der Waals surface area contributed by atoms with Crippen molar-refractivity contribution in [2.24, 2.45) is 13.0 Å². The normalized spacial score (nSPS) is 14.9. The van der Waals surface area contributed by atoms with Gasteiger partial charge in [0.1, 0.15) is 5.56 Å². The SMILES string of the molecule is Cn1cccc(C(=O)N2CCC(CNC(=O)Nc3cccc(C(F)(F)F)c3)CC2)c1=O. The van der Waals surface area contributed by atoms with Crippen molar-refractivity contribution in [3.8, 4) is 0 Å². The molecule has 3 rings (SSSR count). The van der Waals surface area contributed by atoms with Gasteiger partial charge in [0.2, 0.25) is 0 Å².